The van der Waals surface area contributed by atoms with Gasteiger partial charge in [0.15, 0.2) is 0 Å². The minimum atomic E-state index is -1.24. The fourth-order valence-electron chi connectivity index (χ4n) is 3.25. The molecule has 0 saturated carbocycles. The second-order valence-electron chi connectivity index (χ2n) is 7.65. The number of piperidine rings is 1. The number of carbonyl (C=O) groups is 4. The molecule has 3 rings (SSSR count). The summed E-state index contributed by atoms with van der Waals surface area (Å²) in [6.45, 7) is 1.62. The molecule has 1 aliphatic rings. The molecular formula is C23H25N3O5. The summed E-state index contributed by atoms with van der Waals surface area (Å²) in [4.78, 5) is 49.1. The van der Waals surface area contributed by atoms with Gasteiger partial charge < -0.3 is 15.4 Å². The van der Waals surface area contributed by atoms with E-state index in [1.807, 2.05) is 60.7 Å². The minimum Gasteiger partial charge on any atom is -0.445 e. The van der Waals surface area contributed by atoms with Gasteiger partial charge in [-0.15, -0.1) is 0 Å². The lowest BCUT2D eigenvalue weighted by molar-refractivity contribution is -0.141. The van der Waals surface area contributed by atoms with E-state index in [1.165, 1.54) is 0 Å². The summed E-state index contributed by atoms with van der Waals surface area (Å²) in [6.07, 6.45) is -0.226. The van der Waals surface area contributed by atoms with E-state index in [2.05, 4.69) is 16.0 Å². The summed E-state index contributed by atoms with van der Waals surface area (Å²) in [5.41, 5.74) is 0.410. The largest absolute Gasteiger partial charge is 0.445 e. The van der Waals surface area contributed by atoms with E-state index in [-0.39, 0.29) is 31.8 Å². The summed E-state index contributed by atoms with van der Waals surface area (Å²) in [7, 11) is 0. The van der Waals surface area contributed by atoms with E-state index in [0.717, 1.165) is 11.1 Å². The molecule has 0 spiro atoms. The summed E-state index contributed by atoms with van der Waals surface area (Å²) in [5, 5.41) is 7.52. The first-order valence-electron chi connectivity index (χ1n) is 10.0. The molecule has 8 nitrogen and oxygen atoms in total. The van der Waals surface area contributed by atoms with Crippen LogP contribution in [0.4, 0.5) is 4.79 Å². The van der Waals surface area contributed by atoms with Gasteiger partial charge in [0.05, 0.1) is 0 Å². The van der Waals surface area contributed by atoms with E-state index in [4.69, 9.17) is 4.74 Å². The first-order valence-corrected chi connectivity index (χ1v) is 10.0. The molecule has 1 saturated heterocycles. The van der Waals surface area contributed by atoms with Crippen LogP contribution in [0.5, 0.6) is 0 Å². The van der Waals surface area contributed by atoms with Crippen LogP contribution in [0.3, 0.4) is 0 Å². The average Bonchev–Trinajstić information content (AvgIpc) is 2.76. The van der Waals surface area contributed by atoms with Gasteiger partial charge in [-0.05, 0) is 24.5 Å². The zero-order valence-electron chi connectivity index (χ0n) is 17.2. The highest BCUT2D eigenvalue weighted by Gasteiger charge is 2.41. The fourth-order valence-corrected chi connectivity index (χ4v) is 3.25. The molecule has 8 heteroatoms. The third-order valence-corrected chi connectivity index (χ3v) is 5.11. The number of alkyl carbamates (subject to hydrolysis) is 1. The molecule has 1 aliphatic heterocycles. The van der Waals surface area contributed by atoms with E-state index >= 15 is 0 Å². The molecular weight excluding hydrogens is 398 g/mol. The van der Waals surface area contributed by atoms with Crippen LogP contribution in [-0.4, -0.2) is 35.4 Å². The Morgan fingerprint density at radius 2 is 1.65 bits per heavy atom. The Hall–Kier alpha value is -3.68. The zero-order valence-corrected chi connectivity index (χ0v) is 17.2. The van der Waals surface area contributed by atoms with Crippen molar-refractivity contribution in [1.29, 1.82) is 0 Å². The maximum Gasteiger partial charge on any atom is 0.408 e. The van der Waals surface area contributed by atoms with Gasteiger partial charge in [-0.2, -0.15) is 0 Å². The molecule has 0 radical (unpaired) electrons. The second kappa shape index (κ2) is 9.88. The molecule has 2 aromatic carbocycles. The topological polar surface area (TPSA) is 114 Å². The van der Waals surface area contributed by atoms with Crippen LogP contribution < -0.4 is 16.0 Å². The van der Waals surface area contributed by atoms with Crippen molar-refractivity contribution in [2.75, 3.05) is 0 Å². The average molecular weight is 423 g/mol. The third kappa shape index (κ3) is 6.15. The number of carbonyl (C=O) groups excluding carboxylic acids is 4. The van der Waals surface area contributed by atoms with Gasteiger partial charge in [-0.1, -0.05) is 60.7 Å². The molecule has 2 aromatic rings. The van der Waals surface area contributed by atoms with Gasteiger partial charge in [0.2, 0.25) is 11.8 Å². The van der Waals surface area contributed by atoms with Crippen LogP contribution in [0, 0.1) is 0 Å². The maximum atomic E-state index is 13.0. The Morgan fingerprint density at radius 1 is 1.03 bits per heavy atom. The molecule has 1 fully saturated rings. The van der Waals surface area contributed by atoms with Crippen molar-refractivity contribution in [1.82, 2.24) is 16.0 Å². The number of amides is 4. The van der Waals surface area contributed by atoms with Crippen molar-refractivity contribution in [3.63, 3.8) is 0 Å². The molecule has 0 bridgehead atoms. The van der Waals surface area contributed by atoms with Crippen molar-refractivity contribution in [2.45, 2.75) is 44.4 Å². The standard InChI is InChI=1S/C23H25N3O5/c1-23(13-12-19(27)25-21(23)29)26-20(28)18(14-16-8-4-2-5-9-16)24-22(30)31-15-17-10-6-3-7-11-17/h2-11,18H,12-15H2,1H3,(H,24,30)(H,26,28)(H,25,27,29)/t18-,23+/m0/s1. The van der Waals surface area contributed by atoms with Gasteiger partial charge in [0, 0.05) is 12.8 Å². The molecule has 0 aliphatic carbocycles. The number of ether oxygens (including phenoxy) is 1. The highest BCUT2D eigenvalue weighted by molar-refractivity contribution is 6.04. The van der Waals surface area contributed by atoms with Gasteiger partial charge in [0.1, 0.15) is 18.2 Å². The van der Waals surface area contributed by atoms with E-state index in [0.29, 0.717) is 0 Å². The number of imide groups is 1. The highest BCUT2D eigenvalue weighted by Crippen LogP contribution is 2.18. The molecule has 0 aromatic heterocycles. The lowest BCUT2D eigenvalue weighted by Gasteiger charge is -2.33. The molecule has 4 amide bonds. The number of rotatable bonds is 7. The van der Waals surface area contributed by atoms with Crippen LogP contribution in [0.2, 0.25) is 0 Å². The molecule has 2 atom stereocenters. The summed E-state index contributed by atoms with van der Waals surface area (Å²) < 4.78 is 5.24. The first-order chi connectivity index (χ1) is 14.9. The fraction of sp³-hybridized carbons (Fsp3) is 0.304. The van der Waals surface area contributed by atoms with Crippen molar-refractivity contribution in [2.24, 2.45) is 0 Å². The maximum absolute atomic E-state index is 13.0. The number of benzene rings is 2. The Morgan fingerprint density at radius 3 is 2.26 bits per heavy atom. The van der Waals surface area contributed by atoms with Crippen LogP contribution in [-0.2, 0) is 32.1 Å². The molecule has 1 heterocycles. The predicted molar refractivity (Wildman–Crippen MR) is 113 cm³/mol. The van der Waals surface area contributed by atoms with Crippen molar-refractivity contribution >= 4 is 23.8 Å². The van der Waals surface area contributed by atoms with Crippen LogP contribution >= 0.6 is 0 Å². The second-order valence-corrected chi connectivity index (χ2v) is 7.65. The van der Waals surface area contributed by atoms with Gasteiger partial charge in [-0.3, -0.25) is 19.7 Å². The zero-order chi connectivity index (χ0) is 22.3. The quantitative estimate of drug-likeness (QED) is 0.588. The van der Waals surface area contributed by atoms with Crippen LogP contribution in [0.25, 0.3) is 0 Å². The SMILES string of the molecule is C[C@@]1(NC(=O)[C@H](Cc2ccccc2)NC(=O)OCc2ccccc2)CCC(=O)NC1=O. The minimum absolute atomic E-state index is 0.0641. The van der Waals surface area contributed by atoms with Crippen molar-refractivity contribution in [3.05, 3.63) is 71.8 Å². The van der Waals surface area contributed by atoms with Crippen LogP contribution in [0.1, 0.15) is 30.9 Å². The molecule has 3 N–H and O–H groups in total. The highest BCUT2D eigenvalue weighted by atomic mass is 16.5. The van der Waals surface area contributed by atoms with Crippen molar-refractivity contribution < 1.29 is 23.9 Å². The third-order valence-electron chi connectivity index (χ3n) is 5.11. The van der Waals surface area contributed by atoms with Crippen LogP contribution in [0.15, 0.2) is 60.7 Å². The first kappa shape index (κ1) is 22.0. The summed E-state index contributed by atoms with van der Waals surface area (Å²) >= 11 is 0. The molecule has 162 valence electrons. The van der Waals surface area contributed by atoms with Gasteiger partial charge in [-0.25, -0.2) is 4.79 Å². The number of nitrogens with one attached hydrogen (secondary N) is 3. The normalized spacial score (nSPS) is 19.1. The van der Waals surface area contributed by atoms with Gasteiger partial charge in [0.25, 0.3) is 5.91 Å². The summed E-state index contributed by atoms with van der Waals surface area (Å²) in [5.74, 6) is -1.48. The molecule has 31 heavy (non-hydrogen) atoms. The smallest absolute Gasteiger partial charge is 0.408 e. The Bertz CT molecular complexity index is 948. The molecule has 0 unspecified atom stereocenters. The van der Waals surface area contributed by atoms with Crippen molar-refractivity contribution in [3.8, 4) is 0 Å². The number of hydrogen-bond acceptors (Lipinski definition) is 5. The Balaban J connectivity index is 1.68. The van der Waals surface area contributed by atoms with E-state index < -0.39 is 29.5 Å². The predicted octanol–water partition coefficient (Wildman–Crippen LogP) is 1.84. The monoisotopic (exact) mass is 423 g/mol. The lowest BCUT2D eigenvalue weighted by Crippen LogP contribution is -2.64. The Kier molecular flexibility index (Phi) is 7.02. The van der Waals surface area contributed by atoms with Gasteiger partial charge >= 0.3 is 6.09 Å². The van der Waals surface area contributed by atoms with E-state index in [1.54, 1.807) is 6.92 Å². The Labute approximate surface area is 180 Å². The summed E-state index contributed by atoms with van der Waals surface area (Å²) in [6, 6.07) is 17.4. The lowest BCUT2D eigenvalue weighted by atomic mass is 9.90. The van der Waals surface area contributed by atoms with E-state index in [9.17, 15) is 19.2 Å². The number of hydrogen-bond donors (Lipinski definition) is 3.